The molecule has 0 radical (unpaired) electrons. The first-order chi connectivity index (χ1) is 14.1. The Hall–Kier alpha value is -2.40. The van der Waals surface area contributed by atoms with E-state index in [2.05, 4.69) is 4.99 Å². The Labute approximate surface area is 144 Å². The van der Waals surface area contributed by atoms with E-state index in [1.807, 2.05) is 0 Å². The van der Waals surface area contributed by atoms with Crippen LogP contribution in [0.4, 0.5) is 0 Å². The van der Waals surface area contributed by atoms with E-state index in [1.165, 1.54) is 0 Å². The van der Waals surface area contributed by atoms with Gasteiger partial charge in [0.15, 0.2) is 0 Å². The number of nitrogens with zero attached hydrogens (tertiary/aromatic N) is 1. The molecule has 0 bridgehead atoms. The number of allylic oxidation sites excluding steroid dienone is 3. The smallest absolute Gasteiger partial charge is 0.303 e. The molecule has 0 saturated carbocycles. The van der Waals surface area contributed by atoms with E-state index in [1.54, 1.807) is 0 Å². The highest BCUT2D eigenvalue weighted by Crippen LogP contribution is 2.25. The van der Waals surface area contributed by atoms with Gasteiger partial charge in [0, 0.05) is 28.7 Å². The van der Waals surface area contributed by atoms with Crippen LogP contribution >= 0.6 is 11.6 Å². The van der Waals surface area contributed by atoms with E-state index in [9.17, 15) is 14.7 Å². The Morgan fingerprint density at radius 2 is 2.27 bits per heavy atom. The van der Waals surface area contributed by atoms with Crippen LogP contribution in [-0.4, -0.2) is 28.2 Å². The minimum Gasteiger partial charge on any atom is -0.510 e. The first-order valence-electron chi connectivity index (χ1n) is 10.4. The highest BCUT2D eigenvalue weighted by molar-refractivity contribution is 6.31. The van der Waals surface area contributed by atoms with Gasteiger partial charge in [-0.3, -0.25) is 9.59 Å². The van der Waals surface area contributed by atoms with Gasteiger partial charge < -0.3 is 10.2 Å². The number of carboxylic acid groups (broad SMARTS) is 1. The number of carbonyl (C=O) groups is 2. The van der Waals surface area contributed by atoms with Crippen molar-refractivity contribution < 1.29 is 32.1 Å². The molecule has 2 N–H and O–H groups in total. The summed E-state index contributed by atoms with van der Waals surface area (Å²) in [6.45, 7) is -1.94. The Balaban J connectivity index is 2.77. The van der Waals surface area contributed by atoms with Crippen LogP contribution in [-0.2, 0) is 9.59 Å². The molecule has 114 valence electrons. The average molecular weight is 329 g/mol. The summed E-state index contributed by atoms with van der Waals surface area (Å²) in [6, 6.07) is -3.08. The molecule has 1 aliphatic heterocycles. The molecule has 1 heterocycles. The van der Waals surface area contributed by atoms with Gasteiger partial charge in [0.1, 0.15) is 11.5 Å². The average Bonchev–Trinajstić information content (AvgIpc) is 2.66. The van der Waals surface area contributed by atoms with E-state index in [4.69, 9.17) is 29.0 Å². The maximum absolute atomic E-state index is 12.6. The van der Waals surface area contributed by atoms with Crippen LogP contribution in [0.2, 0.25) is 5.02 Å². The Morgan fingerprint density at radius 3 is 2.95 bits per heavy atom. The van der Waals surface area contributed by atoms with Gasteiger partial charge in [0.05, 0.1) is 13.2 Å². The van der Waals surface area contributed by atoms with Crippen molar-refractivity contribution in [1.82, 2.24) is 0 Å². The Kier molecular flexibility index (Phi) is 2.31. The van der Waals surface area contributed by atoms with Crippen molar-refractivity contribution in [2.45, 2.75) is 19.7 Å². The lowest BCUT2D eigenvalue weighted by atomic mass is 9.98. The number of halogens is 1. The maximum Gasteiger partial charge on any atom is 0.303 e. The molecule has 0 spiro atoms. The summed E-state index contributed by atoms with van der Waals surface area (Å²) in [6.07, 6.45) is -5.04. The molecular formula is C16H14ClNO4. The van der Waals surface area contributed by atoms with Crippen LogP contribution in [0.15, 0.2) is 40.6 Å². The number of dihydropyridines is 1. The first kappa shape index (κ1) is 7.74. The minimum absolute atomic E-state index is 0.549. The molecule has 2 rings (SSSR count). The minimum atomic E-state index is -2.97. The molecule has 0 atom stereocenters. The van der Waals surface area contributed by atoms with E-state index in [0.717, 1.165) is 0 Å². The maximum atomic E-state index is 12.6. The molecule has 6 heteroatoms. The lowest BCUT2D eigenvalue weighted by molar-refractivity contribution is -0.137. The first-order valence-corrected chi connectivity index (χ1v) is 6.12. The highest BCUT2D eigenvalue weighted by atomic mass is 35.5. The summed E-state index contributed by atoms with van der Waals surface area (Å²) in [5, 5.41) is 18.3. The SMILES string of the molecule is [2H]C1=NC(=C(O)CC([2H])([2H])C(=O)O)C(=O)C([2H])=C1c1c([2H])c(Cl)c([2H])c([2H])c1C([2H])[2H]. The second-order valence-electron chi connectivity index (χ2n) is 3.98. The molecule has 5 nitrogen and oxygen atoms in total. The number of ketones is 1. The fourth-order valence-electron chi connectivity index (χ4n) is 1.51. The molecule has 0 amide bonds. The summed E-state index contributed by atoms with van der Waals surface area (Å²) in [5.74, 6) is -4.37. The van der Waals surface area contributed by atoms with Crippen LogP contribution in [0, 0.1) is 6.88 Å². The van der Waals surface area contributed by atoms with Gasteiger partial charge in [-0.25, -0.2) is 4.99 Å². The van der Waals surface area contributed by atoms with Gasteiger partial charge in [-0.15, -0.1) is 0 Å². The normalized spacial score (nSPS) is 24.0. The van der Waals surface area contributed by atoms with Crippen LogP contribution in [0.1, 0.15) is 36.3 Å². The highest BCUT2D eigenvalue weighted by Gasteiger charge is 2.19. The third kappa shape index (κ3) is 3.62. The molecule has 0 unspecified atom stereocenters. The lowest BCUT2D eigenvalue weighted by Crippen LogP contribution is -2.09. The van der Waals surface area contributed by atoms with Gasteiger partial charge >= 0.3 is 5.97 Å². The number of aliphatic hydroxyl groups is 1. The molecule has 0 aromatic heterocycles. The Bertz CT molecular complexity index is 1100. The van der Waals surface area contributed by atoms with Crippen molar-refractivity contribution in [2.24, 2.45) is 4.99 Å². The topological polar surface area (TPSA) is 87.0 Å². The fourth-order valence-corrected chi connectivity index (χ4v) is 1.65. The van der Waals surface area contributed by atoms with Crippen molar-refractivity contribution in [3.8, 4) is 0 Å². The fraction of sp³-hybridized carbons (Fsp3) is 0.188. The second kappa shape index (κ2) is 6.58. The molecular weight excluding hydrogens is 306 g/mol. The number of hydrogen-bond acceptors (Lipinski definition) is 4. The summed E-state index contributed by atoms with van der Waals surface area (Å²) >= 11 is 5.86. The molecule has 0 fully saturated rings. The monoisotopic (exact) mass is 328 g/mol. The standard InChI is InChI=1S/C16H14ClNO4/c1-9-2-3-11(17)7-12(9)10-6-14(20)16(18-8-10)13(19)4-5-15(21)22/h2-3,6-8,19H,4-5H2,1H3,(H,21,22)/i1D2,2D,3D,5D2,6D,7D,8D. The lowest BCUT2D eigenvalue weighted by Gasteiger charge is -2.12. The molecule has 1 aromatic rings. The zero-order chi connectivity index (χ0) is 24.0. The number of carboxylic acids is 1. The largest absolute Gasteiger partial charge is 0.510 e. The number of rotatable bonds is 4. The second-order valence-corrected chi connectivity index (χ2v) is 4.36. The van der Waals surface area contributed by atoms with Crippen LogP contribution in [0.5, 0.6) is 0 Å². The van der Waals surface area contributed by atoms with Gasteiger partial charge in [0.25, 0.3) is 0 Å². The third-order valence-corrected chi connectivity index (χ3v) is 2.66. The number of benzene rings is 1. The summed E-state index contributed by atoms with van der Waals surface area (Å²) in [7, 11) is 0. The van der Waals surface area contributed by atoms with Crippen LogP contribution < -0.4 is 0 Å². The number of aliphatic hydroxyl groups excluding tert-OH is 1. The molecule has 22 heavy (non-hydrogen) atoms. The van der Waals surface area contributed by atoms with Gasteiger partial charge in [-0.2, -0.15) is 0 Å². The van der Waals surface area contributed by atoms with E-state index < -0.39 is 95.0 Å². The zero-order valence-corrected chi connectivity index (χ0v) is 11.6. The molecule has 0 saturated heterocycles. The van der Waals surface area contributed by atoms with E-state index in [0.29, 0.717) is 0 Å². The zero-order valence-electron chi connectivity index (χ0n) is 19.8. The van der Waals surface area contributed by atoms with Crippen molar-refractivity contribution in [1.29, 1.82) is 0 Å². The Morgan fingerprint density at radius 1 is 1.50 bits per heavy atom. The summed E-state index contributed by atoms with van der Waals surface area (Å²) < 4.78 is 69.9. The van der Waals surface area contributed by atoms with Crippen molar-refractivity contribution in [3.05, 3.63) is 51.8 Å². The van der Waals surface area contributed by atoms with Crippen LogP contribution in [0.3, 0.4) is 0 Å². The van der Waals surface area contributed by atoms with E-state index >= 15 is 0 Å². The van der Waals surface area contributed by atoms with E-state index in [-0.39, 0.29) is 0 Å². The quantitative estimate of drug-likeness (QED) is 0.655. The summed E-state index contributed by atoms with van der Waals surface area (Å²) in [5.41, 5.74) is -2.71. The predicted octanol–water partition coefficient (Wildman–Crippen LogP) is 3.32. The van der Waals surface area contributed by atoms with Gasteiger partial charge in [0.2, 0.25) is 5.78 Å². The number of hydrogen-bond donors (Lipinski definition) is 2. The van der Waals surface area contributed by atoms with Gasteiger partial charge in [-0.05, 0) is 36.1 Å². The molecule has 1 aliphatic rings. The van der Waals surface area contributed by atoms with Crippen molar-refractivity contribution in [2.75, 3.05) is 0 Å². The molecule has 1 aromatic carbocycles. The summed E-state index contributed by atoms with van der Waals surface area (Å²) in [4.78, 5) is 27.0. The number of aliphatic imine (C=N–C) groups is 1. The third-order valence-electron chi connectivity index (χ3n) is 2.47. The van der Waals surface area contributed by atoms with Crippen molar-refractivity contribution in [3.63, 3.8) is 0 Å². The van der Waals surface area contributed by atoms with Gasteiger partial charge in [-0.1, -0.05) is 17.6 Å². The number of aliphatic carboxylic acids is 1. The molecule has 0 aliphatic carbocycles. The number of carbonyl (C=O) groups excluding carboxylic acids is 1. The van der Waals surface area contributed by atoms with Crippen LogP contribution in [0.25, 0.3) is 5.57 Å². The van der Waals surface area contributed by atoms with Crippen molar-refractivity contribution >= 4 is 35.1 Å². The predicted molar refractivity (Wildman–Crippen MR) is 84.2 cm³/mol.